The van der Waals surface area contributed by atoms with Crippen molar-refractivity contribution in [1.82, 2.24) is 0 Å². The van der Waals surface area contributed by atoms with Crippen LogP contribution in [0.15, 0.2) is 0 Å². The second kappa shape index (κ2) is 6.80. The van der Waals surface area contributed by atoms with Crippen molar-refractivity contribution in [3.8, 4) is 0 Å². The largest absolute Gasteiger partial charge is 1.00 e. The van der Waals surface area contributed by atoms with Gasteiger partial charge >= 0.3 is 0 Å². The van der Waals surface area contributed by atoms with Crippen LogP contribution in [-0.2, 0) is 4.74 Å². The maximum atomic E-state index is 5.39. The lowest BCUT2D eigenvalue weighted by atomic mass is 10.2. The number of hydrogen-bond acceptors (Lipinski definition) is 1. The smallest absolute Gasteiger partial charge is 0.183 e. The number of nitrogens with zero attached hydrogens (tertiary/aromatic N) is 1. The Morgan fingerprint density at radius 2 is 2.00 bits per heavy atom. The molecule has 0 aliphatic carbocycles. The summed E-state index contributed by atoms with van der Waals surface area (Å²) in [5, 5.41) is 0. The molecule has 0 radical (unpaired) electrons. The molecule has 80 valence electrons. The molecule has 0 spiro atoms. The molecule has 0 amide bonds. The zero-order valence-corrected chi connectivity index (χ0v) is 10.5. The number of unbranched alkanes of at least 4 members (excludes halogenated alkanes) is 3. The molecular weight excluding hydrogens is 230 g/mol. The molecule has 1 rings (SSSR count). The van der Waals surface area contributed by atoms with E-state index in [1.807, 2.05) is 0 Å². The van der Waals surface area contributed by atoms with E-state index in [9.17, 15) is 0 Å². The van der Waals surface area contributed by atoms with Crippen LogP contribution in [0.2, 0.25) is 0 Å². The zero-order chi connectivity index (χ0) is 8.86. The molecule has 0 aromatic heterocycles. The second-order valence-electron chi connectivity index (χ2n) is 4.16. The number of quaternary nitrogens is 1. The monoisotopic (exact) mass is 251 g/mol. The summed E-state index contributed by atoms with van der Waals surface area (Å²) in [5.74, 6) is 0. The van der Waals surface area contributed by atoms with Crippen LogP contribution in [0.4, 0.5) is 0 Å². The van der Waals surface area contributed by atoms with Gasteiger partial charge < -0.3 is 26.2 Å². The van der Waals surface area contributed by atoms with E-state index < -0.39 is 0 Å². The highest BCUT2D eigenvalue weighted by atomic mass is 79.9. The Labute approximate surface area is 92.6 Å². The van der Waals surface area contributed by atoms with E-state index in [0.717, 1.165) is 17.8 Å². The SMILES string of the molecule is CCCCCC[N+]1(C)CCOC1.[Br-]. The highest BCUT2D eigenvalue weighted by Crippen LogP contribution is 2.12. The Hall–Kier alpha value is 0.400. The number of halogens is 1. The van der Waals surface area contributed by atoms with Crippen LogP contribution in [0, 0.1) is 0 Å². The van der Waals surface area contributed by atoms with Gasteiger partial charge in [-0.3, -0.25) is 0 Å². The standard InChI is InChI=1S/C10H22NO.BrH/c1-3-4-5-6-7-11(2)8-9-12-10-11;/h3-10H2,1-2H3;1H/q+1;/p-1. The van der Waals surface area contributed by atoms with Gasteiger partial charge in [-0.25, -0.2) is 0 Å². The molecule has 1 unspecified atom stereocenters. The van der Waals surface area contributed by atoms with Crippen LogP contribution >= 0.6 is 0 Å². The third kappa shape index (κ3) is 4.99. The van der Waals surface area contributed by atoms with Gasteiger partial charge in [-0.15, -0.1) is 0 Å². The lowest BCUT2D eigenvalue weighted by molar-refractivity contribution is -0.906. The van der Waals surface area contributed by atoms with Crippen molar-refractivity contribution in [1.29, 1.82) is 0 Å². The molecule has 1 atom stereocenters. The average molecular weight is 252 g/mol. The quantitative estimate of drug-likeness (QED) is 0.451. The first-order valence-corrected chi connectivity index (χ1v) is 5.18. The van der Waals surface area contributed by atoms with E-state index in [2.05, 4.69) is 14.0 Å². The van der Waals surface area contributed by atoms with Crippen LogP contribution in [0.25, 0.3) is 0 Å². The number of rotatable bonds is 5. The molecule has 0 bridgehead atoms. The summed E-state index contributed by atoms with van der Waals surface area (Å²) >= 11 is 0. The summed E-state index contributed by atoms with van der Waals surface area (Å²) in [6, 6.07) is 0. The van der Waals surface area contributed by atoms with E-state index in [1.54, 1.807) is 0 Å². The third-order valence-corrected chi connectivity index (χ3v) is 2.73. The molecule has 0 aromatic carbocycles. The Bertz CT molecular complexity index is 124. The normalized spacial score (nSPS) is 27.2. The van der Waals surface area contributed by atoms with E-state index in [1.165, 1.54) is 38.8 Å². The lowest BCUT2D eigenvalue weighted by Crippen LogP contribution is -3.00. The van der Waals surface area contributed by atoms with Crippen LogP contribution in [0.3, 0.4) is 0 Å². The van der Waals surface area contributed by atoms with E-state index in [0.29, 0.717) is 0 Å². The third-order valence-electron chi connectivity index (χ3n) is 2.73. The first-order chi connectivity index (χ1) is 5.77. The second-order valence-corrected chi connectivity index (χ2v) is 4.16. The van der Waals surface area contributed by atoms with Gasteiger partial charge in [-0.1, -0.05) is 19.8 Å². The summed E-state index contributed by atoms with van der Waals surface area (Å²) in [4.78, 5) is 0. The van der Waals surface area contributed by atoms with Crippen molar-refractivity contribution in [3.63, 3.8) is 0 Å². The number of hydrogen-bond donors (Lipinski definition) is 0. The average Bonchev–Trinajstić information content (AvgIpc) is 2.47. The molecule has 1 heterocycles. The fourth-order valence-corrected chi connectivity index (χ4v) is 1.73. The van der Waals surface area contributed by atoms with Gasteiger partial charge in [0.15, 0.2) is 6.73 Å². The molecule has 1 saturated heterocycles. The first-order valence-electron chi connectivity index (χ1n) is 5.18. The molecule has 1 aliphatic heterocycles. The summed E-state index contributed by atoms with van der Waals surface area (Å²) in [6.45, 7) is 6.68. The van der Waals surface area contributed by atoms with Gasteiger partial charge in [0.05, 0.1) is 13.6 Å². The molecule has 13 heavy (non-hydrogen) atoms. The predicted octanol–water partition coefficient (Wildman–Crippen LogP) is -0.995. The fraction of sp³-hybridized carbons (Fsp3) is 1.00. The maximum Gasteiger partial charge on any atom is 0.183 e. The van der Waals surface area contributed by atoms with Gasteiger partial charge in [-0.2, -0.15) is 0 Å². The zero-order valence-electron chi connectivity index (χ0n) is 8.89. The Morgan fingerprint density at radius 1 is 1.23 bits per heavy atom. The van der Waals surface area contributed by atoms with Gasteiger partial charge in [0.25, 0.3) is 0 Å². The van der Waals surface area contributed by atoms with E-state index >= 15 is 0 Å². The molecule has 0 N–H and O–H groups in total. The van der Waals surface area contributed by atoms with Crippen LogP contribution in [-0.4, -0.2) is 38.0 Å². The summed E-state index contributed by atoms with van der Waals surface area (Å²) in [5.41, 5.74) is 0. The van der Waals surface area contributed by atoms with Crippen molar-refractivity contribution in [2.75, 3.05) is 33.5 Å². The van der Waals surface area contributed by atoms with E-state index in [4.69, 9.17) is 4.74 Å². The Morgan fingerprint density at radius 3 is 2.54 bits per heavy atom. The molecule has 0 saturated carbocycles. The van der Waals surface area contributed by atoms with Crippen molar-refractivity contribution in [2.24, 2.45) is 0 Å². The summed E-state index contributed by atoms with van der Waals surface area (Å²) in [6.07, 6.45) is 5.49. The van der Waals surface area contributed by atoms with Crippen molar-refractivity contribution in [2.45, 2.75) is 32.6 Å². The highest BCUT2D eigenvalue weighted by molar-refractivity contribution is 4.45. The van der Waals surface area contributed by atoms with Gasteiger partial charge in [0.2, 0.25) is 0 Å². The first kappa shape index (κ1) is 13.4. The van der Waals surface area contributed by atoms with Gasteiger partial charge in [0, 0.05) is 0 Å². The van der Waals surface area contributed by atoms with Gasteiger partial charge in [-0.05, 0) is 12.8 Å². The topological polar surface area (TPSA) is 9.23 Å². The lowest BCUT2D eigenvalue weighted by Gasteiger charge is -2.26. The number of likely N-dealkylation sites (N-methyl/N-ethyl adjacent to an activating group) is 1. The summed E-state index contributed by atoms with van der Waals surface area (Å²) < 4.78 is 6.53. The van der Waals surface area contributed by atoms with E-state index in [-0.39, 0.29) is 17.0 Å². The van der Waals surface area contributed by atoms with Crippen LogP contribution in [0.1, 0.15) is 32.6 Å². The Balaban J connectivity index is 0.00000144. The fourth-order valence-electron chi connectivity index (χ4n) is 1.73. The molecular formula is C10H22BrNO. The predicted molar refractivity (Wildman–Crippen MR) is 50.9 cm³/mol. The molecule has 1 aliphatic rings. The van der Waals surface area contributed by atoms with Crippen molar-refractivity contribution >= 4 is 0 Å². The van der Waals surface area contributed by atoms with Crippen molar-refractivity contribution < 1.29 is 26.2 Å². The summed E-state index contributed by atoms with van der Waals surface area (Å²) in [7, 11) is 2.30. The minimum absolute atomic E-state index is 0. The number of ether oxygens (including phenoxy) is 1. The minimum atomic E-state index is 0. The van der Waals surface area contributed by atoms with Crippen molar-refractivity contribution in [3.05, 3.63) is 0 Å². The van der Waals surface area contributed by atoms with Gasteiger partial charge in [0.1, 0.15) is 13.2 Å². The van der Waals surface area contributed by atoms with Crippen LogP contribution < -0.4 is 17.0 Å². The van der Waals surface area contributed by atoms with Crippen LogP contribution in [0.5, 0.6) is 0 Å². The maximum absolute atomic E-state index is 5.39. The highest BCUT2D eigenvalue weighted by Gasteiger charge is 2.26. The minimum Gasteiger partial charge on any atom is -1.00 e. The Kier molecular flexibility index (Phi) is 7.00. The molecule has 2 nitrogen and oxygen atoms in total. The molecule has 0 aromatic rings. The molecule has 1 fully saturated rings. The molecule has 3 heteroatoms.